The molecule has 0 saturated carbocycles. The number of hydrogen-bond donors (Lipinski definition) is 1. The van der Waals surface area contributed by atoms with Gasteiger partial charge in [0.05, 0.1) is 12.3 Å². The van der Waals surface area contributed by atoms with Crippen molar-refractivity contribution in [2.24, 2.45) is 10.1 Å². The maximum atomic E-state index is 4.08. The van der Waals surface area contributed by atoms with E-state index in [1.54, 1.807) is 0 Å². The third-order valence-electron chi connectivity index (χ3n) is 1.23. The first-order chi connectivity index (χ1) is 4.43. The summed E-state index contributed by atoms with van der Waals surface area (Å²) < 4.78 is 0. The summed E-state index contributed by atoms with van der Waals surface area (Å²) in [5.74, 6) is 0. The normalized spacial score (nSPS) is 22.6. The summed E-state index contributed by atoms with van der Waals surface area (Å²) in [7, 11) is 1.81. The van der Waals surface area contributed by atoms with Crippen molar-refractivity contribution in [2.45, 2.75) is 12.8 Å². The maximum absolute atomic E-state index is 4.08. The van der Waals surface area contributed by atoms with Crippen LogP contribution in [0.4, 0.5) is 0 Å². The molecule has 1 rings (SSSR count). The van der Waals surface area contributed by atoms with Crippen molar-refractivity contribution in [3.8, 4) is 0 Å². The van der Waals surface area contributed by atoms with Crippen LogP contribution in [0.25, 0.3) is 0 Å². The Kier molecular flexibility index (Phi) is 2.24. The molecule has 0 aromatic rings. The molecule has 0 aliphatic carbocycles. The van der Waals surface area contributed by atoms with E-state index in [2.05, 4.69) is 15.5 Å². The minimum absolute atomic E-state index is 0.779. The van der Waals surface area contributed by atoms with Crippen LogP contribution >= 0.6 is 0 Å². The van der Waals surface area contributed by atoms with E-state index in [0.29, 0.717) is 0 Å². The highest BCUT2D eigenvalue weighted by atomic mass is 15.3. The van der Waals surface area contributed by atoms with Crippen LogP contribution in [-0.4, -0.2) is 25.5 Å². The molecule has 0 fully saturated rings. The molecular formula is C6H11N3. The molecule has 1 heterocycles. The smallest absolute Gasteiger partial charge is 0.0786 e. The highest BCUT2D eigenvalue weighted by Gasteiger charge is 2.00. The standard InChI is InChI=1S/C6H11N3/c1-7-9-6-3-2-4-8-5-6/h4,7H,2-3,5H2,1H3. The lowest BCUT2D eigenvalue weighted by atomic mass is 10.2. The number of hydrazone groups is 1. The predicted molar refractivity (Wildman–Crippen MR) is 39.1 cm³/mol. The van der Waals surface area contributed by atoms with Gasteiger partial charge in [-0.2, -0.15) is 5.10 Å². The highest BCUT2D eigenvalue weighted by molar-refractivity contribution is 5.90. The topological polar surface area (TPSA) is 36.8 Å². The van der Waals surface area contributed by atoms with E-state index in [1.807, 2.05) is 13.3 Å². The van der Waals surface area contributed by atoms with Gasteiger partial charge in [-0.3, -0.25) is 4.99 Å². The second kappa shape index (κ2) is 3.22. The molecule has 0 atom stereocenters. The van der Waals surface area contributed by atoms with Gasteiger partial charge in [0.15, 0.2) is 0 Å². The molecule has 0 aromatic heterocycles. The quantitative estimate of drug-likeness (QED) is 0.507. The van der Waals surface area contributed by atoms with Gasteiger partial charge in [0, 0.05) is 7.05 Å². The Labute approximate surface area is 54.9 Å². The van der Waals surface area contributed by atoms with E-state index >= 15 is 0 Å². The first-order valence-corrected chi connectivity index (χ1v) is 3.14. The predicted octanol–water partition coefficient (Wildman–Crippen LogP) is 0.426. The average molecular weight is 125 g/mol. The van der Waals surface area contributed by atoms with Crippen LogP contribution in [0, 0.1) is 0 Å². The molecule has 1 aliphatic rings. The van der Waals surface area contributed by atoms with Crippen molar-refractivity contribution >= 4 is 11.9 Å². The van der Waals surface area contributed by atoms with Crippen molar-refractivity contribution in [2.75, 3.05) is 13.6 Å². The van der Waals surface area contributed by atoms with Gasteiger partial charge in [-0.15, -0.1) is 0 Å². The lowest BCUT2D eigenvalue weighted by Crippen LogP contribution is -2.12. The Morgan fingerprint density at radius 1 is 1.78 bits per heavy atom. The zero-order chi connectivity index (χ0) is 6.53. The summed E-state index contributed by atoms with van der Waals surface area (Å²) in [6.07, 6.45) is 4.06. The van der Waals surface area contributed by atoms with Crippen LogP contribution in [-0.2, 0) is 0 Å². The molecule has 1 N–H and O–H groups in total. The van der Waals surface area contributed by atoms with Gasteiger partial charge >= 0.3 is 0 Å². The molecule has 0 saturated heterocycles. The Balaban J connectivity index is 2.43. The van der Waals surface area contributed by atoms with Crippen LogP contribution < -0.4 is 5.43 Å². The third kappa shape index (κ3) is 1.83. The summed E-state index contributed by atoms with van der Waals surface area (Å²) in [5, 5.41) is 4.04. The second-order valence-electron chi connectivity index (χ2n) is 1.96. The van der Waals surface area contributed by atoms with Crippen molar-refractivity contribution < 1.29 is 0 Å². The van der Waals surface area contributed by atoms with E-state index in [1.165, 1.54) is 0 Å². The van der Waals surface area contributed by atoms with Crippen LogP contribution in [0.5, 0.6) is 0 Å². The van der Waals surface area contributed by atoms with Crippen molar-refractivity contribution in [3.63, 3.8) is 0 Å². The largest absolute Gasteiger partial charge is 0.313 e. The highest BCUT2D eigenvalue weighted by Crippen LogP contribution is 1.96. The molecule has 0 unspecified atom stereocenters. The lowest BCUT2D eigenvalue weighted by Gasteiger charge is -2.04. The van der Waals surface area contributed by atoms with Gasteiger partial charge < -0.3 is 5.43 Å². The third-order valence-corrected chi connectivity index (χ3v) is 1.23. The van der Waals surface area contributed by atoms with Gasteiger partial charge in [-0.25, -0.2) is 0 Å². The molecule has 0 bridgehead atoms. The summed E-state index contributed by atoms with van der Waals surface area (Å²) in [4.78, 5) is 4.08. The van der Waals surface area contributed by atoms with Crippen molar-refractivity contribution in [3.05, 3.63) is 0 Å². The second-order valence-corrected chi connectivity index (χ2v) is 1.96. The number of aliphatic imine (C=N–C) groups is 1. The fraction of sp³-hybridized carbons (Fsp3) is 0.667. The number of rotatable bonds is 1. The molecule has 3 nitrogen and oxygen atoms in total. The zero-order valence-corrected chi connectivity index (χ0v) is 5.59. The Morgan fingerprint density at radius 2 is 2.67 bits per heavy atom. The SMILES string of the molecule is CNN=C1CCC=NC1. The van der Waals surface area contributed by atoms with Gasteiger partial charge in [-0.05, 0) is 19.1 Å². The van der Waals surface area contributed by atoms with Gasteiger partial charge in [0.2, 0.25) is 0 Å². The van der Waals surface area contributed by atoms with E-state index < -0.39 is 0 Å². The fourth-order valence-corrected chi connectivity index (χ4v) is 0.821. The van der Waals surface area contributed by atoms with Crippen molar-refractivity contribution in [1.29, 1.82) is 0 Å². The Hall–Kier alpha value is -0.860. The summed E-state index contributed by atoms with van der Waals surface area (Å²) in [6, 6.07) is 0. The molecule has 0 aromatic carbocycles. The molecule has 50 valence electrons. The van der Waals surface area contributed by atoms with Crippen LogP contribution in [0.1, 0.15) is 12.8 Å². The summed E-state index contributed by atoms with van der Waals surface area (Å²) in [5.41, 5.74) is 3.90. The average Bonchev–Trinajstić information content (AvgIpc) is 1.91. The fourth-order valence-electron chi connectivity index (χ4n) is 0.821. The minimum Gasteiger partial charge on any atom is -0.313 e. The monoisotopic (exact) mass is 125 g/mol. The number of nitrogens with one attached hydrogen (secondary N) is 1. The number of nitrogens with zero attached hydrogens (tertiary/aromatic N) is 2. The first kappa shape index (κ1) is 6.26. The lowest BCUT2D eigenvalue weighted by molar-refractivity contribution is 0.874. The summed E-state index contributed by atoms with van der Waals surface area (Å²) in [6.45, 7) is 0.779. The molecule has 9 heavy (non-hydrogen) atoms. The molecular weight excluding hydrogens is 114 g/mol. The van der Waals surface area contributed by atoms with E-state index in [9.17, 15) is 0 Å². The zero-order valence-electron chi connectivity index (χ0n) is 5.59. The van der Waals surface area contributed by atoms with Crippen LogP contribution in [0.15, 0.2) is 10.1 Å². The Bertz CT molecular complexity index is 137. The maximum Gasteiger partial charge on any atom is 0.0786 e. The van der Waals surface area contributed by atoms with Gasteiger partial charge in [0.1, 0.15) is 0 Å². The van der Waals surface area contributed by atoms with E-state index in [0.717, 1.165) is 25.1 Å². The van der Waals surface area contributed by atoms with Crippen molar-refractivity contribution in [1.82, 2.24) is 5.43 Å². The summed E-state index contributed by atoms with van der Waals surface area (Å²) >= 11 is 0. The Morgan fingerprint density at radius 3 is 3.22 bits per heavy atom. The van der Waals surface area contributed by atoms with Crippen LogP contribution in [0.3, 0.4) is 0 Å². The van der Waals surface area contributed by atoms with Gasteiger partial charge in [0.25, 0.3) is 0 Å². The van der Waals surface area contributed by atoms with Crippen LogP contribution in [0.2, 0.25) is 0 Å². The van der Waals surface area contributed by atoms with E-state index in [-0.39, 0.29) is 0 Å². The number of hydrogen-bond acceptors (Lipinski definition) is 3. The first-order valence-electron chi connectivity index (χ1n) is 3.14. The minimum atomic E-state index is 0.779. The molecule has 0 spiro atoms. The molecule has 0 radical (unpaired) electrons. The molecule has 1 aliphatic heterocycles. The van der Waals surface area contributed by atoms with Gasteiger partial charge in [-0.1, -0.05) is 0 Å². The molecule has 3 heteroatoms. The van der Waals surface area contributed by atoms with E-state index in [4.69, 9.17) is 0 Å². The molecule has 0 amide bonds.